The maximum absolute atomic E-state index is 5.69. The van der Waals surface area contributed by atoms with Gasteiger partial charge < -0.3 is 10.1 Å². The van der Waals surface area contributed by atoms with Gasteiger partial charge in [0.2, 0.25) is 0 Å². The topological polar surface area (TPSA) is 75.7 Å². The second-order valence-corrected chi connectivity index (χ2v) is 3.65. The minimum absolute atomic E-state index is 0.266. The van der Waals surface area contributed by atoms with Crippen LogP contribution in [0.25, 0.3) is 0 Å². The number of rotatable bonds is 3. The van der Waals surface area contributed by atoms with Gasteiger partial charge in [0.05, 0.1) is 6.10 Å². The van der Waals surface area contributed by atoms with E-state index < -0.39 is 0 Å². The summed E-state index contributed by atoms with van der Waals surface area (Å²) in [5, 5.41) is 16.8. The van der Waals surface area contributed by atoms with Gasteiger partial charge in [-0.15, -0.1) is 10.2 Å². The molecule has 0 aromatic carbocycles. The number of ether oxygens (including phenoxy) is 1. The molecule has 78 valence electrons. The lowest BCUT2D eigenvalue weighted by Gasteiger charge is -2.28. The van der Waals surface area contributed by atoms with Crippen LogP contribution in [0.4, 0.5) is 0 Å². The molecule has 0 bridgehead atoms. The summed E-state index contributed by atoms with van der Waals surface area (Å²) in [6.07, 6.45) is 1.43. The van der Waals surface area contributed by atoms with E-state index in [1.54, 1.807) is 0 Å². The molecule has 1 aliphatic rings. The lowest BCUT2D eigenvalue weighted by Crippen LogP contribution is -2.41. The van der Waals surface area contributed by atoms with Crippen molar-refractivity contribution in [1.29, 1.82) is 0 Å². The third-order valence-electron chi connectivity index (χ3n) is 2.57. The number of nitrogens with zero attached hydrogens (tertiary/aromatic N) is 3. The molecule has 1 aliphatic heterocycles. The maximum atomic E-state index is 5.69. The van der Waals surface area contributed by atoms with Gasteiger partial charge in [-0.2, -0.15) is 5.21 Å². The number of aromatic amines is 1. The van der Waals surface area contributed by atoms with Crippen molar-refractivity contribution < 1.29 is 4.74 Å². The largest absolute Gasteiger partial charge is 0.368 e. The molecule has 0 aliphatic carbocycles. The molecule has 0 spiro atoms. The summed E-state index contributed by atoms with van der Waals surface area (Å²) in [6, 6.07) is 0. The third kappa shape index (κ3) is 2.27. The van der Waals surface area contributed by atoms with Gasteiger partial charge in [0.15, 0.2) is 5.82 Å². The van der Waals surface area contributed by atoms with Crippen molar-refractivity contribution in [1.82, 2.24) is 25.9 Å². The van der Waals surface area contributed by atoms with Gasteiger partial charge in [-0.25, -0.2) is 0 Å². The minimum atomic E-state index is 0.266. The summed E-state index contributed by atoms with van der Waals surface area (Å²) < 4.78 is 5.69. The van der Waals surface area contributed by atoms with Gasteiger partial charge in [0.1, 0.15) is 6.61 Å². The molecule has 1 aromatic rings. The first-order valence-electron chi connectivity index (χ1n) is 4.91. The van der Waals surface area contributed by atoms with Gasteiger partial charge in [-0.3, -0.25) is 0 Å². The molecule has 14 heavy (non-hydrogen) atoms. The van der Waals surface area contributed by atoms with Crippen LogP contribution in [-0.2, 0) is 11.3 Å². The summed E-state index contributed by atoms with van der Waals surface area (Å²) in [5.41, 5.74) is 0. The summed E-state index contributed by atoms with van der Waals surface area (Å²) >= 11 is 0. The van der Waals surface area contributed by atoms with Gasteiger partial charge in [-0.1, -0.05) is 12.1 Å². The first kappa shape index (κ1) is 9.54. The lowest BCUT2D eigenvalue weighted by molar-refractivity contribution is -0.00945. The summed E-state index contributed by atoms with van der Waals surface area (Å²) in [5.74, 6) is 1.21. The highest BCUT2D eigenvalue weighted by atomic mass is 16.5. The Kier molecular flexibility index (Phi) is 3.05. The Balaban J connectivity index is 1.79. The van der Waals surface area contributed by atoms with Crippen molar-refractivity contribution in [2.45, 2.75) is 26.1 Å². The van der Waals surface area contributed by atoms with E-state index in [0.29, 0.717) is 18.3 Å². The molecule has 0 amide bonds. The van der Waals surface area contributed by atoms with Crippen LogP contribution in [0.15, 0.2) is 0 Å². The van der Waals surface area contributed by atoms with Crippen LogP contribution in [0.3, 0.4) is 0 Å². The quantitative estimate of drug-likeness (QED) is 0.696. The minimum Gasteiger partial charge on any atom is -0.368 e. The molecule has 2 atom stereocenters. The Morgan fingerprint density at radius 3 is 3.21 bits per heavy atom. The average molecular weight is 197 g/mol. The predicted molar refractivity (Wildman–Crippen MR) is 49.4 cm³/mol. The lowest BCUT2D eigenvalue weighted by atomic mass is 9.97. The highest BCUT2D eigenvalue weighted by molar-refractivity contribution is 4.78. The van der Waals surface area contributed by atoms with E-state index in [1.165, 1.54) is 0 Å². The Hall–Kier alpha value is -1.01. The molecule has 1 fully saturated rings. The summed E-state index contributed by atoms with van der Waals surface area (Å²) in [4.78, 5) is 0. The van der Waals surface area contributed by atoms with Crippen LogP contribution >= 0.6 is 0 Å². The molecule has 2 unspecified atom stereocenters. The standard InChI is InChI=1S/C8H15N5O/c1-6-2-3-9-4-7(6)14-5-8-10-12-13-11-8/h6-7,9H,2-5H2,1H3,(H,10,11,12,13). The highest BCUT2D eigenvalue weighted by Gasteiger charge is 2.21. The number of tetrazole rings is 1. The van der Waals surface area contributed by atoms with E-state index in [1.807, 2.05) is 0 Å². The molecule has 1 aromatic heterocycles. The zero-order chi connectivity index (χ0) is 9.80. The van der Waals surface area contributed by atoms with Crippen LogP contribution in [0.1, 0.15) is 19.2 Å². The fourth-order valence-electron chi connectivity index (χ4n) is 1.61. The van der Waals surface area contributed by atoms with Crippen molar-refractivity contribution in [3.63, 3.8) is 0 Å². The zero-order valence-corrected chi connectivity index (χ0v) is 8.23. The molecule has 6 heteroatoms. The second kappa shape index (κ2) is 4.47. The van der Waals surface area contributed by atoms with Gasteiger partial charge in [0, 0.05) is 6.54 Å². The van der Waals surface area contributed by atoms with E-state index in [9.17, 15) is 0 Å². The fourth-order valence-corrected chi connectivity index (χ4v) is 1.61. The van der Waals surface area contributed by atoms with E-state index in [2.05, 4.69) is 32.9 Å². The SMILES string of the molecule is CC1CCNCC1OCc1nn[nH]n1. The monoisotopic (exact) mass is 197 g/mol. The second-order valence-electron chi connectivity index (χ2n) is 3.65. The van der Waals surface area contributed by atoms with Crippen LogP contribution in [-0.4, -0.2) is 39.8 Å². The smallest absolute Gasteiger partial charge is 0.200 e. The number of piperidine rings is 1. The maximum Gasteiger partial charge on any atom is 0.200 e. The van der Waals surface area contributed by atoms with Crippen molar-refractivity contribution in [3.05, 3.63) is 5.82 Å². The Morgan fingerprint density at radius 2 is 2.50 bits per heavy atom. The predicted octanol–water partition coefficient (Wildman–Crippen LogP) is -0.286. The first-order valence-corrected chi connectivity index (χ1v) is 4.91. The van der Waals surface area contributed by atoms with Gasteiger partial charge >= 0.3 is 0 Å². The van der Waals surface area contributed by atoms with Gasteiger partial charge in [-0.05, 0) is 18.9 Å². The van der Waals surface area contributed by atoms with Crippen molar-refractivity contribution >= 4 is 0 Å². The Morgan fingerprint density at radius 1 is 1.57 bits per heavy atom. The van der Waals surface area contributed by atoms with Gasteiger partial charge in [0.25, 0.3) is 0 Å². The molecule has 1 saturated heterocycles. The molecule has 2 N–H and O–H groups in total. The van der Waals surface area contributed by atoms with Crippen molar-refractivity contribution in [2.24, 2.45) is 5.92 Å². The van der Waals surface area contributed by atoms with Crippen LogP contribution in [0.5, 0.6) is 0 Å². The average Bonchev–Trinajstić information content (AvgIpc) is 2.69. The first-order chi connectivity index (χ1) is 6.86. The van der Waals surface area contributed by atoms with Crippen LogP contribution in [0.2, 0.25) is 0 Å². The number of H-pyrrole nitrogens is 1. The zero-order valence-electron chi connectivity index (χ0n) is 8.23. The van der Waals surface area contributed by atoms with E-state index in [0.717, 1.165) is 19.5 Å². The van der Waals surface area contributed by atoms with E-state index in [4.69, 9.17) is 4.74 Å². The Labute approximate surface area is 82.4 Å². The molecule has 2 rings (SSSR count). The molecule has 2 heterocycles. The van der Waals surface area contributed by atoms with Crippen LogP contribution < -0.4 is 5.32 Å². The third-order valence-corrected chi connectivity index (χ3v) is 2.57. The van der Waals surface area contributed by atoms with Crippen LogP contribution in [0, 0.1) is 5.92 Å². The molecule has 0 radical (unpaired) electrons. The summed E-state index contributed by atoms with van der Waals surface area (Å²) in [6.45, 7) is 4.65. The van der Waals surface area contributed by atoms with E-state index in [-0.39, 0.29) is 6.10 Å². The molecule has 0 saturated carbocycles. The highest BCUT2D eigenvalue weighted by Crippen LogP contribution is 2.15. The Bertz CT molecular complexity index is 263. The van der Waals surface area contributed by atoms with E-state index >= 15 is 0 Å². The molecular formula is C8H15N5O. The van der Waals surface area contributed by atoms with Crippen molar-refractivity contribution in [3.8, 4) is 0 Å². The summed E-state index contributed by atoms with van der Waals surface area (Å²) in [7, 11) is 0. The number of nitrogens with one attached hydrogen (secondary N) is 2. The molecule has 6 nitrogen and oxygen atoms in total. The van der Waals surface area contributed by atoms with Crippen molar-refractivity contribution in [2.75, 3.05) is 13.1 Å². The molecular weight excluding hydrogens is 182 g/mol. The number of hydrogen-bond donors (Lipinski definition) is 2. The fraction of sp³-hybridized carbons (Fsp3) is 0.875. The number of aromatic nitrogens is 4. The number of hydrogen-bond acceptors (Lipinski definition) is 5. The normalized spacial score (nSPS) is 27.8.